The van der Waals surface area contributed by atoms with E-state index in [2.05, 4.69) is 0 Å². The summed E-state index contributed by atoms with van der Waals surface area (Å²) >= 11 is 0. The molecular weight excluding hydrogens is 214 g/mol. The zero-order chi connectivity index (χ0) is 11.9. The maximum atomic E-state index is 5.71. The van der Waals surface area contributed by atoms with Crippen molar-refractivity contribution in [1.82, 2.24) is 0 Å². The number of hydrogen-bond acceptors (Lipinski definition) is 2. The van der Waals surface area contributed by atoms with Crippen LogP contribution >= 0.6 is 0 Å². The van der Waals surface area contributed by atoms with E-state index in [1.807, 2.05) is 24.3 Å². The molecule has 0 radical (unpaired) electrons. The van der Waals surface area contributed by atoms with Gasteiger partial charge < -0.3 is 14.4 Å². The second-order valence-electron chi connectivity index (χ2n) is 4.59. The van der Waals surface area contributed by atoms with Crippen LogP contribution in [0.25, 0.3) is 0 Å². The first-order chi connectivity index (χ1) is 8.38. The predicted molar refractivity (Wildman–Crippen MR) is 67.9 cm³/mol. The van der Waals surface area contributed by atoms with Crippen LogP contribution in [0.2, 0.25) is 0 Å². The number of likely N-dealkylation sites (tertiary alicyclic amines) is 1. The quantitative estimate of drug-likeness (QED) is 0.749. The van der Waals surface area contributed by atoms with Crippen molar-refractivity contribution in [2.24, 2.45) is 0 Å². The number of rotatable bonds is 6. The number of ether oxygens (including phenoxy) is 2. The van der Waals surface area contributed by atoms with Crippen molar-refractivity contribution in [2.45, 2.75) is 19.3 Å². The van der Waals surface area contributed by atoms with E-state index in [-0.39, 0.29) is 0 Å². The lowest BCUT2D eigenvalue weighted by molar-refractivity contribution is -0.887. The summed E-state index contributed by atoms with van der Waals surface area (Å²) in [6.45, 7) is 4.74. The third-order valence-corrected chi connectivity index (χ3v) is 3.30. The Labute approximate surface area is 103 Å². The van der Waals surface area contributed by atoms with Gasteiger partial charge in [0, 0.05) is 25.3 Å². The van der Waals surface area contributed by atoms with Crippen molar-refractivity contribution >= 4 is 0 Å². The van der Waals surface area contributed by atoms with Crippen molar-refractivity contribution in [1.29, 1.82) is 0 Å². The molecule has 2 rings (SSSR count). The van der Waals surface area contributed by atoms with E-state index in [1.165, 1.54) is 32.5 Å². The highest BCUT2D eigenvalue weighted by Gasteiger charge is 2.14. The maximum absolute atomic E-state index is 5.71. The molecular formula is C14H22NO2+. The minimum atomic E-state index is 0.802. The van der Waals surface area contributed by atoms with E-state index < -0.39 is 0 Å². The summed E-state index contributed by atoms with van der Waals surface area (Å²) < 4.78 is 10.9. The summed E-state index contributed by atoms with van der Waals surface area (Å²) in [6.07, 6.45) is 3.92. The molecule has 1 fully saturated rings. The van der Waals surface area contributed by atoms with Crippen LogP contribution in [0.15, 0.2) is 24.3 Å². The minimum Gasteiger partial charge on any atom is -0.497 e. The Hall–Kier alpha value is -1.22. The number of benzene rings is 1. The van der Waals surface area contributed by atoms with Crippen LogP contribution in [0, 0.1) is 0 Å². The van der Waals surface area contributed by atoms with Gasteiger partial charge in [0.15, 0.2) is 0 Å². The van der Waals surface area contributed by atoms with E-state index in [0.717, 1.165) is 24.5 Å². The molecule has 1 aromatic carbocycles. The average Bonchev–Trinajstić information content (AvgIpc) is 2.88. The highest BCUT2D eigenvalue weighted by molar-refractivity contribution is 5.32. The Balaban J connectivity index is 1.66. The number of methoxy groups -OCH3 is 1. The minimum absolute atomic E-state index is 0.802. The highest BCUT2D eigenvalue weighted by atomic mass is 16.5. The normalized spacial score (nSPS) is 16.1. The molecule has 1 aliphatic rings. The van der Waals surface area contributed by atoms with Gasteiger partial charge >= 0.3 is 0 Å². The summed E-state index contributed by atoms with van der Waals surface area (Å²) in [5.41, 5.74) is 0. The molecule has 3 nitrogen and oxygen atoms in total. The molecule has 0 saturated carbocycles. The fraction of sp³-hybridized carbons (Fsp3) is 0.571. The van der Waals surface area contributed by atoms with Crippen molar-refractivity contribution in [3.63, 3.8) is 0 Å². The zero-order valence-electron chi connectivity index (χ0n) is 10.6. The van der Waals surface area contributed by atoms with E-state index in [9.17, 15) is 0 Å². The first-order valence-corrected chi connectivity index (χ1v) is 6.49. The van der Waals surface area contributed by atoms with Crippen molar-refractivity contribution in [3.05, 3.63) is 24.3 Å². The molecule has 0 spiro atoms. The van der Waals surface area contributed by atoms with Gasteiger partial charge in [-0.2, -0.15) is 0 Å². The maximum Gasteiger partial charge on any atom is 0.122 e. The molecule has 1 aliphatic heterocycles. The first-order valence-electron chi connectivity index (χ1n) is 6.49. The molecule has 0 atom stereocenters. The number of hydrogen-bond donors (Lipinski definition) is 1. The van der Waals surface area contributed by atoms with Gasteiger partial charge in [-0.3, -0.25) is 0 Å². The second kappa shape index (κ2) is 6.50. The van der Waals surface area contributed by atoms with Crippen LogP contribution in [-0.4, -0.2) is 33.4 Å². The van der Waals surface area contributed by atoms with Crippen LogP contribution in [0.3, 0.4) is 0 Å². The second-order valence-corrected chi connectivity index (χ2v) is 4.59. The Morgan fingerprint density at radius 2 is 1.94 bits per heavy atom. The molecule has 1 aromatic rings. The lowest BCUT2D eigenvalue weighted by Gasteiger charge is -2.12. The summed E-state index contributed by atoms with van der Waals surface area (Å²) in [7, 11) is 1.68. The third-order valence-electron chi connectivity index (χ3n) is 3.30. The molecule has 0 unspecified atom stereocenters. The SMILES string of the molecule is COc1cccc(OCCC[NH+]2CCCC2)c1. The van der Waals surface area contributed by atoms with Gasteiger partial charge in [0.2, 0.25) is 0 Å². The molecule has 94 valence electrons. The van der Waals surface area contributed by atoms with E-state index in [1.54, 1.807) is 12.0 Å². The largest absolute Gasteiger partial charge is 0.497 e. The molecule has 0 bridgehead atoms. The molecule has 1 saturated heterocycles. The topological polar surface area (TPSA) is 22.9 Å². The van der Waals surface area contributed by atoms with E-state index >= 15 is 0 Å². The van der Waals surface area contributed by atoms with Crippen LogP contribution in [0.5, 0.6) is 11.5 Å². The number of nitrogens with one attached hydrogen (secondary N) is 1. The summed E-state index contributed by atoms with van der Waals surface area (Å²) in [6, 6.07) is 7.80. The summed E-state index contributed by atoms with van der Waals surface area (Å²) in [5.74, 6) is 1.76. The van der Waals surface area contributed by atoms with Crippen LogP contribution < -0.4 is 14.4 Å². The lowest BCUT2D eigenvalue weighted by Crippen LogP contribution is -3.10. The average molecular weight is 236 g/mol. The van der Waals surface area contributed by atoms with Crippen LogP contribution in [0.1, 0.15) is 19.3 Å². The van der Waals surface area contributed by atoms with E-state index in [0.29, 0.717) is 0 Å². The standard InChI is InChI=1S/C14H21NO2/c1-16-13-6-4-7-14(12-13)17-11-5-10-15-8-2-3-9-15/h4,6-7,12H,2-3,5,8-11H2,1H3/p+1. The number of quaternary nitrogens is 1. The van der Waals surface area contributed by atoms with Gasteiger partial charge in [0.25, 0.3) is 0 Å². The van der Waals surface area contributed by atoms with Gasteiger partial charge in [-0.1, -0.05) is 6.07 Å². The van der Waals surface area contributed by atoms with Gasteiger partial charge in [-0.15, -0.1) is 0 Å². The zero-order valence-corrected chi connectivity index (χ0v) is 10.6. The van der Waals surface area contributed by atoms with E-state index in [4.69, 9.17) is 9.47 Å². The molecule has 17 heavy (non-hydrogen) atoms. The van der Waals surface area contributed by atoms with Crippen molar-refractivity contribution in [3.8, 4) is 11.5 Å². The van der Waals surface area contributed by atoms with Gasteiger partial charge in [0.1, 0.15) is 11.5 Å². The smallest absolute Gasteiger partial charge is 0.122 e. The van der Waals surface area contributed by atoms with Crippen molar-refractivity contribution < 1.29 is 14.4 Å². The highest BCUT2D eigenvalue weighted by Crippen LogP contribution is 2.18. The molecule has 3 heteroatoms. The molecule has 0 amide bonds. The lowest BCUT2D eigenvalue weighted by atomic mass is 10.3. The van der Waals surface area contributed by atoms with Gasteiger partial charge in [0.05, 0.1) is 33.4 Å². The predicted octanol–water partition coefficient (Wildman–Crippen LogP) is 1.14. The Kier molecular flexibility index (Phi) is 4.68. The Morgan fingerprint density at radius 3 is 2.71 bits per heavy atom. The molecule has 0 aliphatic carbocycles. The summed E-state index contributed by atoms with van der Waals surface area (Å²) in [5, 5.41) is 0. The van der Waals surface area contributed by atoms with Crippen LogP contribution in [-0.2, 0) is 0 Å². The third kappa shape index (κ3) is 3.93. The molecule has 1 heterocycles. The fourth-order valence-electron chi connectivity index (χ4n) is 2.33. The Morgan fingerprint density at radius 1 is 1.18 bits per heavy atom. The summed E-state index contributed by atoms with van der Waals surface area (Å²) in [4.78, 5) is 1.74. The van der Waals surface area contributed by atoms with Crippen LogP contribution in [0.4, 0.5) is 0 Å². The monoisotopic (exact) mass is 236 g/mol. The van der Waals surface area contributed by atoms with Gasteiger partial charge in [-0.05, 0) is 12.1 Å². The molecule has 1 N–H and O–H groups in total. The van der Waals surface area contributed by atoms with Crippen molar-refractivity contribution in [2.75, 3.05) is 33.4 Å². The molecule has 0 aromatic heterocycles. The Bertz CT molecular complexity index is 335. The van der Waals surface area contributed by atoms with Gasteiger partial charge in [-0.25, -0.2) is 0 Å². The fourth-order valence-corrected chi connectivity index (χ4v) is 2.33. The first kappa shape index (κ1) is 12.2.